The summed E-state index contributed by atoms with van der Waals surface area (Å²) < 4.78 is 69.4. The molecule has 2 aromatic rings. The summed E-state index contributed by atoms with van der Waals surface area (Å²) in [5, 5.41) is 0. The van der Waals surface area contributed by atoms with Gasteiger partial charge >= 0.3 is 0 Å². The zero-order valence-electron chi connectivity index (χ0n) is 15.9. The molecule has 0 saturated carbocycles. The fourth-order valence-electron chi connectivity index (χ4n) is 2.72. The molecule has 29 heavy (non-hydrogen) atoms. The van der Waals surface area contributed by atoms with Gasteiger partial charge in [-0.1, -0.05) is 37.4 Å². The van der Waals surface area contributed by atoms with Crippen molar-refractivity contribution in [2.45, 2.75) is 35.8 Å². The summed E-state index contributed by atoms with van der Waals surface area (Å²) in [5.41, 5.74) is 2.52. The van der Waals surface area contributed by atoms with Gasteiger partial charge in [-0.2, -0.15) is 16.8 Å². The Morgan fingerprint density at radius 3 is 1.21 bits per heavy atom. The normalized spacial score (nSPS) is 14.2. The zero-order valence-corrected chi connectivity index (χ0v) is 17.6. The highest BCUT2D eigenvalue weighted by atomic mass is 32.2. The molecule has 0 aliphatic heterocycles. The molecule has 2 aromatic carbocycles. The van der Waals surface area contributed by atoms with Gasteiger partial charge in [-0.15, -0.1) is 0 Å². The van der Waals surface area contributed by atoms with Gasteiger partial charge in [-0.05, 0) is 60.4 Å². The molecule has 2 N–H and O–H groups in total. The van der Waals surface area contributed by atoms with Crippen molar-refractivity contribution in [2.24, 2.45) is 0 Å². The van der Waals surface area contributed by atoms with E-state index in [-0.39, 0.29) is 9.79 Å². The van der Waals surface area contributed by atoms with Crippen LogP contribution in [0.4, 0.5) is 0 Å². The summed E-state index contributed by atoms with van der Waals surface area (Å²) in [4.78, 5) is -0.474. The molecule has 2 unspecified atom stereocenters. The maximum absolute atomic E-state index is 11.2. The van der Waals surface area contributed by atoms with Gasteiger partial charge in [0.2, 0.25) is 0 Å². The van der Waals surface area contributed by atoms with Gasteiger partial charge in [0.15, 0.2) is 0 Å². The summed E-state index contributed by atoms with van der Waals surface area (Å²) in [7, 11) is -8.62. The second kappa shape index (κ2) is 8.60. The molecule has 156 valence electrons. The molecule has 0 amide bonds. The third-order valence-electron chi connectivity index (χ3n) is 4.13. The standard InChI is InChI=1S/C20H22O7S2/c1-13(2)19(15-5-9-17(10-6-15)28(21,22)23)27-20(14(3)4)16-7-11-18(12-8-16)29(24,25)26/h5-12,19-20H,1,3H2,2,4H3,(H,21,22,23)(H,24,25,26). The second-order valence-electron chi connectivity index (χ2n) is 6.68. The molecule has 0 spiro atoms. The predicted molar refractivity (Wildman–Crippen MR) is 109 cm³/mol. The van der Waals surface area contributed by atoms with Gasteiger partial charge in [0.25, 0.3) is 20.2 Å². The molecule has 0 bridgehead atoms. The molecule has 7 nitrogen and oxygen atoms in total. The third kappa shape index (κ3) is 5.84. The summed E-state index contributed by atoms with van der Waals surface area (Å²) in [6.07, 6.45) is -1.23. The maximum Gasteiger partial charge on any atom is 0.294 e. The van der Waals surface area contributed by atoms with Crippen LogP contribution in [0.1, 0.15) is 37.2 Å². The van der Waals surface area contributed by atoms with Crippen LogP contribution in [0.2, 0.25) is 0 Å². The van der Waals surface area contributed by atoms with E-state index >= 15 is 0 Å². The highest BCUT2D eigenvalue weighted by Crippen LogP contribution is 2.35. The van der Waals surface area contributed by atoms with Crippen LogP contribution in [-0.4, -0.2) is 25.9 Å². The Kier molecular flexibility index (Phi) is 6.82. The first-order valence-corrected chi connectivity index (χ1v) is 11.3. The van der Waals surface area contributed by atoms with Gasteiger partial charge in [0, 0.05) is 0 Å². The van der Waals surface area contributed by atoms with Gasteiger partial charge in [0.05, 0.1) is 9.79 Å². The van der Waals surface area contributed by atoms with E-state index in [1.165, 1.54) is 48.5 Å². The minimum Gasteiger partial charge on any atom is -0.357 e. The quantitative estimate of drug-likeness (QED) is 0.470. The molecule has 0 aliphatic carbocycles. The van der Waals surface area contributed by atoms with Crippen LogP contribution in [-0.2, 0) is 25.0 Å². The van der Waals surface area contributed by atoms with Crippen LogP contribution < -0.4 is 0 Å². The molecular weight excluding hydrogens is 416 g/mol. The lowest BCUT2D eigenvalue weighted by molar-refractivity contribution is 0.0266. The Morgan fingerprint density at radius 2 is 1.00 bits per heavy atom. The van der Waals surface area contributed by atoms with Crippen LogP contribution in [0.5, 0.6) is 0 Å². The minimum absolute atomic E-state index is 0.237. The van der Waals surface area contributed by atoms with E-state index in [9.17, 15) is 16.8 Å². The number of rotatable bonds is 8. The van der Waals surface area contributed by atoms with Gasteiger partial charge < -0.3 is 4.74 Å². The molecule has 9 heteroatoms. The van der Waals surface area contributed by atoms with Gasteiger partial charge in [0.1, 0.15) is 12.2 Å². The molecular formula is C20H22O7S2. The molecule has 0 fully saturated rings. The van der Waals surface area contributed by atoms with Crippen LogP contribution in [0.25, 0.3) is 0 Å². The second-order valence-corrected chi connectivity index (χ2v) is 9.52. The van der Waals surface area contributed by atoms with Crippen LogP contribution in [0, 0.1) is 0 Å². The predicted octanol–water partition coefficient (Wildman–Crippen LogP) is 4.13. The lowest BCUT2D eigenvalue weighted by Gasteiger charge is -2.26. The molecule has 0 radical (unpaired) electrons. The fraction of sp³-hybridized carbons (Fsp3) is 0.200. The van der Waals surface area contributed by atoms with E-state index in [1.807, 2.05) is 0 Å². The number of hydrogen-bond acceptors (Lipinski definition) is 5. The van der Waals surface area contributed by atoms with Crippen LogP contribution in [0.15, 0.2) is 82.6 Å². The van der Waals surface area contributed by atoms with E-state index in [4.69, 9.17) is 13.8 Å². The first-order valence-electron chi connectivity index (χ1n) is 8.42. The van der Waals surface area contributed by atoms with Crippen LogP contribution in [0.3, 0.4) is 0 Å². The molecule has 2 rings (SSSR count). The highest BCUT2D eigenvalue weighted by Gasteiger charge is 2.23. The fourth-order valence-corrected chi connectivity index (χ4v) is 3.68. The topological polar surface area (TPSA) is 118 Å². The summed E-state index contributed by atoms with van der Waals surface area (Å²) >= 11 is 0. The lowest BCUT2D eigenvalue weighted by atomic mass is 10.0. The number of benzene rings is 2. The summed E-state index contributed by atoms with van der Waals surface area (Å²) in [6, 6.07) is 11.1. The van der Waals surface area contributed by atoms with E-state index in [1.54, 1.807) is 13.8 Å². The van der Waals surface area contributed by atoms with E-state index in [0.29, 0.717) is 22.3 Å². The van der Waals surface area contributed by atoms with Gasteiger partial charge in [-0.25, -0.2) is 0 Å². The van der Waals surface area contributed by atoms with E-state index < -0.39 is 32.4 Å². The smallest absolute Gasteiger partial charge is 0.294 e. The van der Waals surface area contributed by atoms with Crippen molar-refractivity contribution in [1.29, 1.82) is 0 Å². The van der Waals surface area contributed by atoms with E-state index in [2.05, 4.69) is 13.2 Å². The average Bonchev–Trinajstić information content (AvgIpc) is 2.60. The van der Waals surface area contributed by atoms with Crippen molar-refractivity contribution in [1.82, 2.24) is 0 Å². The first-order chi connectivity index (χ1) is 13.3. The zero-order chi connectivity index (χ0) is 22.0. The minimum atomic E-state index is -4.31. The first kappa shape index (κ1) is 23.0. The monoisotopic (exact) mass is 438 g/mol. The molecule has 0 aromatic heterocycles. The molecule has 0 heterocycles. The van der Waals surface area contributed by atoms with Crippen molar-refractivity contribution in [2.75, 3.05) is 0 Å². The molecule has 2 atom stereocenters. The number of ether oxygens (including phenoxy) is 1. The number of hydrogen-bond donors (Lipinski definition) is 2. The maximum atomic E-state index is 11.2. The largest absolute Gasteiger partial charge is 0.357 e. The third-order valence-corrected chi connectivity index (χ3v) is 5.86. The van der Waals surface area contributed by atoms with E-state index in [0.717, 1.165) is 0 Å². The summed E-state index contributed by atoms with van der Waals surface area (Å²) in [6.45, 7) is 11.3. The van der Waals surface area contributed by atoms with Gasteiger partial charge in [-0.3, -0.25) is 9.11 Å². The SMILES string of the molecule is C=C(C)C(OC(C(=C)C)c1ccc(S(=O)(=O)O)cc1)c1ccc(S(=O)(=O)O)cc1. The average molecular weight is 439 g/mol. The van der Waals surface area contributed by atoms with Crippen molar-refractivity contribution < 1.29 is 30.7 Å². The Morgan fingerprint density at radius 1 is 0.724 bits per heavy atom. The van der Waals surface area contributed by atoms with Crippen molar-refractivity contribution in [3.05, 3.63) is 84.0 Å². The van der Waals surface area contributed by atoms with Crippen molar-refractivity contribution >= 4 is 20.2 Å². The molecule has 0 aliphatic rings. The highest BCUT2D eigenvalue weighted by molar-refractivity contribution is 7.86. The van der Waals surface area contributed by atoms with Crippen molar-refractivity contribution in [3.8, 4) is 0 Å². The van der Waals surface area contributed by atoms with Crippen LogP contribution >= 0.6 is 0 Å². The lowest BCUT2D eigenvalue weighted by Crippen LogP contribution is -2.13. The van der Waals surface area contributed by atoms with Crippen molar-refractivity contribution in [3.63, 3.8) is 0 Å². The summed E-state index contributed by atoms with van der Waals surface area (Å²) in [5.74, 6) is 0. The molecule has 0 saturated heterocycles. The Balaban J connectivity index is 2.38. The Hall–Kier alpha value is -2.30. The Labute approximate surface area is 170 Å². The Bertz CT molecular complexity index is 1020.